The lowest BCUT2D eigenvalue weighted by Gasteiger charge is -2.01. The smallest absolute Gasteiger partial charge is 0.229 e. The van der Waals surface area contributed by atoms with Gasteiger partial charge >= 0.3 is 0 Å². The lowest BCUT2D eigenvalue weighted by atomic mass is 10.1. The Labute approximate surface area is 79.8 Å². The molecular formula is C10H22OSi. The monoisotopic (exact) mass is 186 g/mol. The Morgan fingerprint density at radius 2 is 1.58 bits per heavy atom. The zero-order valence-electron chi connectivity index (χ0n) is 8.57. The Hall–Kier alpha value is 0.177. The molecule has 1 nitrogen and oxygen atoms in total. The van der Waals surface area contributed by atoms with Crippen LogP contribution in [-0.2, 0) is 4.43 Å². The van der Waals surface area contributed by atoms with E-state index in [-0.39, 0.29) is 0 Å². The van der Waals surface area contributed by atoms with Crippen LogP contribution in [0.2, 0.25) is 6.04 Å². The van der Waals surface area contributed by atoms with Gasteiger partial charge in [0.15, 0.2) is 0 Å². The third-order valence-corrected chi connectivity index (χ3v) is 2.54. The van der Waals surface area contributed by atoms with Crippen LogP contribution in [0.5, 0.6) is 0 Å². The van der Waals surface area contributed by atoms with Gasteiger partial charge in [-0.15, -0.1) is 0 Å². The van der Waals surface area contributed by atoms with Crippen molar-refractivity contribution in [3.05, 3.63) is 0 Å². The normalized spacial score (nSPS) is 10.5. The Kier molecular flexibility index (Phi) is 11.3. The summed E-state index contributed by atoms with van der Waals surface area (Å²) in [4.78, 5) is 0. The standard InChI is InChI=1S/C10H22OSi/c1-3-5-6-7-8-9-10-11-12-4-2/h3-10H2,1-2H3. The predicted molar refractivity (Wildman–Crippen MR) is 55.6 cm³/mol. The van der Waals surface area contributed by atoms with Crippen LogP contribution < -0.4 is 0 Å². The molecule has 0 unspecified atom stereocenters. The molecule has 0 fully saturated rings. The zero-order valence-corrected chi connectivity index (χ0v) is 9.57. The molecule has 72 valence electrons. The fraction of sp³-hybridized carbons (Fsp3) is 1.00. The van der Waals surface area contributed by atoms with E-state index in [0.29, 0.717) is 0 Å². The molecule has 0 aliphatic rings. The number of unbranched alkanes of at least 4 members (excludes halogenated alkanes) is 5. The van der Waals surface area contributed by atoms with Gasteiger partial charge in [0.1, 0.15) is 0 Å². The second kappa shape index (κ2) is 11.2. The quantitative estimate of drug-likeness (QED) is 0.396. The topological polar surface area (TPSA) is 9.23 Å². The minimum atomic E-state index is 0.727. The van der Waals surface area contributed by atoms with E-state index in [0.717, 1.165) is 16.4 Å². The van der Waals surface area contributed by atoms with Crippen molar-refractivity contribution in [3.8, 4) is 0 Å². The van der Waals surface area contributed by atoms with E-state index in [2.05, 4.69) is 13.8 Å². The van der Waals surface area contributed by atoms with E-state index < -0.39 is 0 Å². The Balaban J connectivity index is 2.73. The number of hydrogen-bond donors (Lipinski definition) is 0. The zero-order chi connectivity index (χ0) is 9.07. The second-order valence-corrected chi connectivity index (χ2v) is 4.40. The fourth-order valence-electron chi connectivity index (χ4n) is 1.13. The molecule has 0 aliphatic carbocycles. The van der Waals surface area contributed by atoms with Crippen molar-refractivity contribution in [2.75, 3.05) is 6.61 Å². The molecular weight excluding hydrogens is 164 g/mol. The maximum atomic E-state index is 5.42. The van der Waals surface area contributed by atoms with Crippen molar-refractivity contribution in [1.82, 2.24) is 0 Å². The summed E-state index contributed by atoms with van der Waals surface area (Å²) in [6.45, 7) is 5.41. The highest BCUT2D eigenvalue weighted by Gasteiger charge is 1.90. The van der Waals surface area contributed by atoms with Crippen LogP contribution in [-0.4, -0.2) is 16.4 Å². The van der Waals surface area contributed by atoms with Crippen molar-refractivity contribution >= 4 is 9.76 Å². The SMILES string of the molecule is CCCCCCCCO[Si]CC. The fourth-order valence-corrected chi connectivity index (χ4v) is 1.62. The average molecular weight is 186 g/mol. The summed E-state index contributed by atoms with van der Waals surface area (Å²) >= 11 is 0. The van der Waals surface area contributed by atoms with Crippen LogP contribution in [0.4, 0.5) is 0 Å². The largest absolute Gasteiger partial charge is 0.417 e. The highest BCUT2D eigenvalue weighted by Crippen LogP contribution is 2.04. The van der Waals surface area contributed by atoms with Gasteiger partial charge in [0, 0.05) is 6.61 Å². The molecule has 0 rings (SSSR count). The van der Waals surface area contributed by atoms with Crippen LogP contribution in [0.15, 0.2) is 0 Å². The van der Waals surface area contributed by atoms with Gasteiger partial charge in [0.25, 0.3) is 0 Å². The van der Waals surface area contributed by atoms with Crippen LogP contribution >= 0.6 is 0 Å². The molecule has 2 radical (unpaired) electrons. The first kappa shape index (κ1) is 12.2. The predicted octanol–water partition coefficient (Wildman–Crippen LogP) is 3.42. The molecule has 12 heavy (non-hydrogen) atoms. The number of rotatable bonds is 9. The van der Waals surface area contributed by atoms with Gasteiger partial charge in [-0.1, -0.05) is 46.0 Å². The Bertz CT molecular complexity index is 66.2. The van der Waals surface area contributed by atoms with Gasteiger partial charge in [-0.25, -0.2) is 0 Å². The molecule has 0 N–H and O–H groups in total. The molecule has 0 bridgehead atoms. The molecule has 0 amide bonds. The lowest BCUT2D eigenvalue weighted by Crippen LogP contribution is -1.98. The van der Waals surface area contributed by atoms with Gasteiger partial charge < -0.3 is 4.43 Å². The van der Waals surface area contributed by atoms with Crippen LogP contribution in [0, 0.1) is 0 Å². The molecule has 0 atom stereocenters. The third-order valence-electron chi connectivity index (χ3n) is 1.85. The van der Waals surface area contributed by atoms with E-state index >= 15 is 0 Å². The van der Waals surface area contributed by atoms with Crippen molar-refractivity contribution in [3.63, 3.8) is 0 Å². The van der Waals surface area contributed by atoms with E-state index in [9.17, 15) is 0 Å². The van der Waals surface area contributed by atoms with Crippen molar-refractivity contribution in [2.45, 2.75) is 58.4 Å². The first-order chi connectivity index (χ1) is 5.91. The van der Waals surface area contributed by atoms with Crippen LogP contribution in [0.3, 0.4) is 0 Å². The van der Waals surface area contributed by atoms with Gasteiger partial charge in [-0.05, 0) is 12.5 Å². The summed E-state index contributed by atoms with van der Waals surface area (Å²) < 4.78 is 5.42. The van der Waals surface area contributed by atoms with Gasteiger partial charge in [0.2, 0.25) is 9.76 Å². The summed E-state index contributed by atoms with van der Waals surface area (Å²) in [6, 6.07) is 1.18. The summed E-state index contributed by atoms with van der Waals surface area (Å²) in [5, 5.41) is 0. The van der Waals surface area contributed by atoms with Gasteiger partial charge in [-0.3, -0.25) is 0 Å². The molecule has 0 aromatic carbocycles. The van der Waals surface area contributed by atoms with Crippen molar-refractivity contribution in [1.29, 1.82) is 0 Å². The van der Waals surface area contributed by atoms with E-state index in [1.165, 1.54) is 44.6 Å². The maximum absolute atomic E-state index is 5.42. The molecule has 0 aromatic heterocycles. The molecule has 0 aliphatic heterocycles. The highest BCUT2D eigenvalue weighted by molar-refractivity contribution is 6.26. The van der Waals surface area contributed by atoms with Gasteiger partial charge in [0.05, 0.1) is 0 Å². The van der Waals surface area contributed by atoms with Crippen molar-refractivity contribution < 1.29 is 4.43 Å². The third kappa shape index (κ3) is 10.2. The molecule has 0 saturated heterocycles. The van der Waals surface area contributed by atoms with E-state index in [1.807, 2.05) is 0 Å². The summed E-state index contributed by atoms with van der Waals surface area (Å²) in [5.74, 6) is 0. The Morgan fingerprint density at radius 3 is 2.25 bits per heavy atom. The minimum absolute atomic E-state index is 0.727. The van der Waals surface area contributed by atoms with Gasteiger partial charge in [-0.2, -0.15) is 0 Å². The van der Waals surface area contributed by atoms with Crippen LogP contribution in [0.25, 0.3) is 0 Å². The second-order valence-electron chi connectivity index (χ2n) is 3.11. The molecule has 0 heterocycles. The molecule has 2 heteroatoms. The summed E-state index contributed by atoms with van der Waals surface area (Å²) in [7, 11) is 0.727. The van der Waals surface area contributed by atoms with E-state index in [4.69, 9.17) is 4.43 Å². The first-order valence-electron chi connectivity index (χ1n) is 5.26. The maximum Gasteiger partial charge on any atom is 0.229 e. The number of hydrogen-bond acceptors (Lipinski definition) is 1. The highest BCUT2D eigenvalue weighted by atomic mass is 28.2. The molecule has 0 spiro atoms. The lowest BCUT2D eigenvalue weighted by molar-refractivity contribution is 0.320. The Morgan fingerprint density at radius 1 is 0.917 bits per heavy atom. The summed E-state index contributed by atoms with van der Waals surface area (Å²) in [5.41, 5.74) is 0. The van der Waals surface area contributed by atoms with Crippen LogP contribution in [0.1, 0.15) is 52.4 Å². The minimum Gasteiger partial charge on any atom is -0.417 e. The molecule has 0 aromatic rings. The van der Waals surface area contributed by atoms with Crippen molar-refractivity contribution in [2.24, 2.45) is 0 Å². The summed E-state index contributed by atoms with van der Waals surface area (Å²) in [6.07, 6.45) is 8.16. The molecule has 0 saturated carbocycles. The average Bonchev–Trinajstić information content (AvgIpc) is 2.10. The first-order valence-corrected chi connectivity index (χ1v) is 6.38. The van der Waals surface area contributed by atoms with E-state index in [1.54, 1.807) is 0 Å².